The molecule has 0 radical (unpaired) electrons. The molecular formula is C9H9ClN2O2. The summed E-state index contributed by atoms with van der Waals surface area (Å²) in [5.41, 5.74) is 1.94. The van der Waals surface area contributed by atoms with Crippen LogP contribution in [0.4, 0.5) is 11.4 Å². The number of rotatable bonds is 1. The molecule has 1 unspecified atom stereocenters. The van der Waals surface area contributed by atoms with Gasteiger partial charge in [-0.15, -0.1) is 11.6 Å². The zero-order valence-corrected chi connectivity index (χ0v) is 8.36. The van der Waals surface area contributed by atoms with E-state index in [2.05, 4.69) is 0 Å². The van der Waals surface area contributed by atoms with Gasteiger partial charge in [0.15, 0.2) is 0 Å². The van der Waals surface area contributed by atoms with Gasteiger partial charge in [0.25, 0.3) is 5.69 Å². The third kappa shape index (κ3) is 1.32. The molecule has 0 bridgehead atoms. The van der Waals surface area contributed by atoms with E-state index in [0.717, 1.165) is 11.3 Å². The summed E-state index contributed by atoms with van der Waals surface area (Å²) >= 11 is 6.06. The molecule has 0 N–H and O–H groups in total. The highest BCUT2D eigenvalue weighted by molar-refractivity contribution is 6.22. The van der Waals surface area contributed by atoms with E-state index in [0.29, 0.717) is 6.54 Å². The summed E-state index contributed by atoms with van der Waals surface area (Å²) in [7, 11) is 1.88. The van der Waals surface area contributed by atoms with Crippen LogP contribution < -0.4 is 4.90 Å². The largest absolute Gasteiger partial charge is 0.372 e. The topological polar surface area (TPSA) is 46.4 Å². The Labute approximate surface area is 86.2 Å². The van der Waals surface area contributed by atoms with Crippen LogP contribution in [-0.2, 0) is 0 Å². The number of anilines is 1. The van der Waals surface area contributed by atoms with Crippen molar-refractivity contribution in [1.29, 1.82) is 0 Å². The Balaban J connectivity index is 2.50. The van der Waals surface area contributed by atoms with Crippen LogP contribution in [0, 0.1) is 10.1 Å². The number of benzene rings is 1. The average Bonchev–Trinajstić information content (AvgIpc) is 2.42. The minimum absolute atomic E-state index is 0.0594. The molecule has 0 amide bonds. The number of nitro groups is 1. The van der Waals surface area contributed by atoms with Gasteiger partial charge in [-0.3, -0.25) is 10.1 Å². The Bertz CT molecular complexity index is 394. The number of hydrogen-bond donors (Lipinski definition) is 0. The molecule has 0 saturated carbocycles. The molecule has 1 aromatic carbocycles. The van der Waals surface area contributed by atoms with E-state index in [9.17, 15) is 10.1 Å². The lowest BCUT2D eigenvalue weighted by Gasteiger charge is -2.10. The molecule has 5 heteroatoms. The van der Waals surface area contributed by atoms with Gasteiger partial charge >= 0.3 is 0 Å². The second kappa shape index (κ2) is 3.13. The minimum Gasteiger partial charge on any atom is -0.372 e. The quantitative estimate of drug-likeness (QED) is 0.408. The Morgan fingerprint density at radius 3 is 3.00 bits per heavy atom. The Kier molecular flexibility index (Phi) is 2.07. The summed E-state index contributed by atoms with van der Waals surface area (Å²) in [6.45, 7) is 0.706. The van der Waals surface area contributed by atoms with Crippen LogP contribution in [0.1, 0.15) is 10.9 Å². The van der Waals surface area contributed by atoms with Crippen LogP contribution in [0.2, 0.25) is 0 Å². The number of hydrogen-bond acceptors (Lipinski definition) is 3. The fourth-order valence-electron chi connectivity index (χ4n) is 1.68. The monoisotopic (exact) mass is 212 g/mol. The van der Waals surface area contributed by atoms with Gasteiger partial charge in [-0.05, 0) is 11.6 Å². The van der Waals surface area contributed by atoms with Gasteiger partial charge in [-0.1, -0.05) is 0 Å². The van der Waals surface area contributed by atoms with Gasteiger partial charge in [0.2, 0.25) is 0 Å². The highest BCUT2D eigenvalue weighted by Crippen LogP contribution is 2.39. The molecule has 0 spiro atoms. The minimum atomic E-state index is -0.393. The zero-order valence-electron chi connectivity index (χ0n) is 7.61. The number of halogens is 1. The van der Waals surface area contributed by atoms with E-state index in [1.807, 2.05) is 11.9 Å². The maximum atomic E-state index is 10.5. The van der Waals surface area contributed by atoms with Crippen molar-refractivity contribution in [3.63, 3.8) is 0 Å². The lowest BCUT2D eigenvalue weighted by molar-refractivity contribution is -0.384. The van der Waals surface area contributed by atoms with E-state index in [-0.39, 0.29) is 11.1 Å². The number of nitrogens with zero attached hydrogens (tertiary/aromatic N) is 2. The van der Waals surface area contributed by atoms with Crippen LogP contribution >= 0.6 is 11.6 Å². The molecule has 1 aromatic rings. The molecule has 0 saturated heterocycles. The highest BCUT2D eigenvalue weighted by Gasteiger charge is 2.26. The number of non-ortho nitro benzene ring substituents is 1. The lowest BCUT2D eigenvalue weighted by Crippen LogP contribution is -2.13. The first-order valence-corrected chi connectivity index (χ1v) is 4.67. The molecule has 0 aromatic heterocycles. The normalized spacial score (nSPS) is 19.6. The van der Waals surface area contributed by atoms with Gasteiger partial charge in [0, 0.05) is 31.4 Å². The number of nitro benzene ring substituents is 1. The molecule has 0 aliphatic carbocycles. The molecule has 74 valence electrons. The molecule has 0 fully saturated rings. The van der Waals surface area contributed by atoms with Crippen LogP contribution in [0.25, 0.3) is 0 Å². The Morgan fingerprint density at radius 1 is 1.64 bits per heavy atom. The summed E-state index contributed by atoms with van der Waals surface area (Å²) in [6, 6.07) is 4.79. The van der Waals surface area contributed by atoms with Crippen molar-refractivity contribution < 1.29 is 4.92 Å². The summed E-state index contributed by atoms with van der Waals surface area (Å²) in [6.07, 6.45) is 0. The van der Waals surface area contributed by atoms with Gasteiger partial charge in [-0.2, -0.15) is 0 Å². The van der Waals surface area contributed by atoms with Crippen LogP contribution in [0.5, 0.6) is 0 Å². The van der Waals surface area contributed by atoms with E-state index in [1.54, 1.807) is 12.1 Å². The SMILES string of the molecule is CN1CC(Cl)c2ccc([N+](=O)[O-])cc21. The molecule has 1 aliphatic heterocycles. The van der Waals surface area contributed by atoms with Gasteiger partial charge in [0.1, 0.15) is 0 Å². The highest BCUT2D eigenvalue weighted by atomic mass is 35.5. The zero-order chi connectivity index (χ0) is 10.3. The summed E-state index contributed by atoms with van der Waals surface area (Å²) in [5.74, 6) is 0. The van der Waals surface area contributed by atoms with E-state index >= 15 is 0 Å². The van der Waals surface area contributed by atoms with Crippen LogP contribution in [-0.4, -0.2) is 18.5 Å². The number of fused-ring (bicyclic) bond motifs is 1. The predicted octanol–water partition coefficient (Wildman–Crippen LogP) is 2.32. The van der Waals surface area contributed by atoms with E-state index in [4.69, 9.17) is 11.6 Å². The first-order chi connectivity index (χ1) is 6.59. The standard InChI is InChI=1S/C9H9ClN2O2/c1-11-5-8(10)7-3-2-6(12(13)14)4-9(7)11/h2-4,8H,5H2,1H3. The number of alkyl halides is 1. The predicted molar refractivity (Wildman–Crippen MR) is 55.0 cm³/mol. The van der Waals surface area contributed by atoms with E-state index in [1.165, 1.54) is 6.07 Å². The lowest BCUT2D eigenvalue weighted by atomic mass is 10.1. The average molecular weight is 213 g/mol. The summed E-state index contributed by atoms with van der Waals surface area (Å²) in [5, 5.41) is 10.5. The maximum Gasteiger partial charge on any atom is 0.271 e. The van der Waals surface area contributed by atoms with Crippen molar-refractivity contribution in [1.82, 2.24) is 0 Å². The van der Waals surface area contributed by atoms with Gasteiger partial charge in [0.05, 0.1) is 10.3 Å². The van der Waals surface area contributed by atoms with Gasteiger partial charge in [-0.25, -0.2) is 0 Å². The van der Waals surface area contributed by atoms with Crippen molar-refractivity contribution in [2.24, 2.45) is 0 Å². The van der Waals surface area contributed by atoms with Crippen molar-refractivity contribution in [3.05, 3.63) is 33.9 Å². The van der Waals surface area contributed by atoms with Crippen LogP contribution in [0.15, 0.2) is 18.2 Å². The summed E-state index contributed by atoms with van der Waals surface area (Å²) < 4.78 is 0. The fourth-order valence-corrected chi connectivity index (χ4v) is 2.07. The molecule has 1 aliphatic rings. The number of likely N-dealkylation sites (N-methyl/N-ethyl adjacent to an activating group) is 1. The van der Waals surface area contributed by atoms with Crippen molar-refractivity contribution in [3.8, 4) is 0 Å². The molecule has 14 heavy (non-hydrogen) atoms. The second-order valence-corrected chi connectivity index (χ2v) is 3.88. The first-order valence-electron chi connectivity index (χ1n) is 4.23. The third-order valence-electron chi connectivity index (χ3n) is 2.41. The molecule has 1 heterocycles. The summed E-state index contributed by atoms with van der Waals surface area (Å²) in [4.78, 5) is 12.1. The Morgan fingerprint density at radius 2 is 2.36 bits per heavy atom. The van der Waals surface area contributed by atoms with Crippen molar-refractivity contribution >= 4 is 23.0 Å². The first kappa shape index (κ1) is 9.27. The Hall–Kier alpha value is -1.29. The van der Waals surface area contributed by atoms with E-state index < -0.39 is 4.92 Å². The van der Waals surface area contributed by atoms with Crippen LogP contribution in [0.3, 0.4) is 0 Å². The molecule has 1 atom stereocenters. The molecule has 4 nitrogen and oxygen atoms in total. The maximum absolute atomic E-state index is 10.5. The molecular weight excluding hydrogens is 204 g/mol. The third-order valence-corrected chi connectivity index (χ3v) is 2.78. The molecule has 2 rings (SSSR count). The van der Waals surface area contributed by atoms with Gasteiger partial charge < -0.3 is 4.90 Å². The fraction of sp³-hybridized carbons (Fsp3) is 0.333. The van der Waals surface area contributed by atoms with Crippen molar-refractivity contribution in [2.75, 3.05) is 18.5 Å². The smallest absolute Gasteiger partial charge is 0.271 e. The second-order valence-electron chi connectivity index (χ2n) is 3.35. The van der Waals surface area contributed by atoms with Crippen molar-refractivity contribution in [2.45, 2.75) is 5.38 Å².